The Morgan fingerprint density at radius 3 is 2.58 bits per heavy atom. The smallest absolute Gasteiger partial charge is 0.336 e. The predicted molar refractivity (Wildman–Crippen MR) is 68.7 cm³/mol. The van der Waals surface area contributed by atoms with Crippen molar-refractivity contribution in [1.82, 2.24) is 0 Å². The molecule has 1 aromatic rings. The lowest BCUT2D eigenvalue weighted by Gasteiger charge is -2.30. The molecular weight excluding hydrogens is 248 g/mol. The highest BCUT2D eigenvalue weighted by Gasteiger charge is 2.41. The van der Waals surface area contributed by atoms with Crippen LogP contribution in [0.3, 0.4) is 0 Å². The Morgan fingerprint density at radius 2 is 2.00 bits per heavy atom. The first kappa shape index (κ1) is 13.7. The summed E-state index contributed by atoms with van der Waals surface area (Å²) in [5.74, 6) is -0.500. The van der Waals surface area contributed by atoms with Gasteiger partial charge in [0.15, 0.2) is 17.1 Å². The summed E-state index contributed by atoms with van der Waals surface area (Å²) in [4.78, 5) is 11.2. The number of fused-ring (bicyclic) bond motifs is 1. The number of carbonyl (C=O) groups is 1. The molecular formula is C14H18O5. The molecule has 0 amide bonds. The molecule has 0 saturated carbocycles. The number of benzene rings is 1. The highest BCUT2D eigenvalue weighted by molar-refractivity contribution is 5.78. The third kappa shape index (κ3) is 2.38. The van der Waals surface area contributed by atoms with E-state index in [0.29, 0.717) is 24.7 Å². The minimum absolute atomic E-state index is 0.137. The fourth-order valence-electron chi connectivity index (χ4n) is 2.25. The van der Waals surface area contributed by atoms with E-state index < -0.39 is 17.5 Å². The molecule has 2 unspecified atom stereocenters. The molecule has 0 fully saturated rings. The number of carboxylic acid groups (broad SMARTS) is 1. The third-order valence-corrected chi connectivity index (χ3v) is 3.69. The topological polar surface area (TPSA) is 76.0 Å². The van der Waals surface area contributed by atoms with Crippen LogP contribution in [0.25, 0.3) is 0 Å². The molecule has 19 heavy (non-hydrogen) atoms. The summed E-state index contributed by atoms with van der Waals surface area (Å²) >= 11 is 0. The van der Waals surface area contributed by atoms with Gasteiger partial charge in [-0.3, -0.25) is 0 Å². The number of ether oxygens (including phenoxy) is 2. The van der Waals surface area contributed by atoms with Crippen molar-refractivity contribution in [3.05, 3.63) is 23.8 Å². The lowest BCUT2D eigenvalue weighted by Crippen LogP contribution is -2.42. The molecule has 2 rings (SSSR count). The summed E-state index contributed by atoms with van der Waals surface area (Å²) in [6.07, 6.45) is 0.137. The van der Waals surface area contributed by atoms with Crippen LogP contribution < -0.4 is 9.47 Å². The molecule has 5 heteroatoms. The highest BCUT2D eigenvalue weighted by Crippen LogP contribution is 2.37. The number of carboxylic acids is 1. The van der Waals surface area contributed by atoms with Crippen LogP contribution in [-0.4, -0.2) is 35.0 Å². The Morgan fingerprint density at radius 1 is 1.37 bits per heavy atom. The molecule has 1 aliphatic rings. The Bertz CT molecular complexity index is 485. The van der Waals surface area contributed by atoms with Crippen molar-refractivity contribution in [3.63, 3.8) is 0 Å². The molecule has 0 bridgehead atoms. The van der Waals surface area contributed by atoms with E-state index in [4.69, 9.17) is 9.47 Å². The van der Waals surface area contributed by atoms with Crippen LogP contribution in [0.15, 0.2) is 18.2 Å². The van der Waals surface area contributed by atoms with Gasteiger partial charge in [0.25, 0.3) is 0 Å². The summed E-state index contributed by atoms with van der Waals surface area (Å²) in [5.41, 5.74) is -1.06. The van der Waals surface area contributed by atoms with Crippen molar-refractivity contribution < 1.29 is 24.5 Å². The van der Waals surface area contributed by atoms with Crippen molar-refractivity contribution >= 4 is 5.97 Å². The van der Waals surface area contributed by atoms with Gasteiger partial charge in [-0.1, -0.05) is 19.9 Å². The lowest BCUT2D eigenvalue weighted by molar-refractivity contribution is -0.161. The zero-order chi connectivity index (χ0) is 14.0. The van der Waals surface area contributed by atoms with Gasteiger partial charge < -0.3 is 19.7 Å². The zero-order valence-electron chi connectivity index (χ0n) is 11.0. The van der Waals surface area contributed by atoms with E-state index in [9.17, 15) is 15.0 Å². The lowest BCUT2D eigenvalue weighted by atomic mass is 9.81. The first-order valence-corrected chi connectivity index (χ1v) is 6.34. The van der Waals surface area contributed by atoms with Crippen molar-refractivity contribution in [2.45, 2.75) is 31.8 Å². The van der Waals surface area contributed by atoms with Crippen LogP contribution in [0.4, 0.5) is 0 Å². The molecule has 5 nitrogen and oxygen atoms in total. The van der Waals surface area contributed by atoms with E-state index >= 15 is 0 Å². The number of aliphatic hydroxyl groups is 1. The van der Waals surface area contributed by atoms with E-state index in [-0.39, 0.29) is 6.42 Å². The second kappa shape index (κ2) is 5.09. The van der Waals surface area contributed by atoms with Crippen LogP contribution in [0, 0.1) is 0 Å². The molecule has 1 aromatic carbocycles. The molecule has 1 aliphatic heterocycles. The van der Waals surface area contributed by atoms with Gasteiger partial charge in [0.1, 0.15) is 13.2 Å². The van der Waals surface area contributed by atoms with Gasteiger partial charge in [-0.15, -0.1) is 0 Å². The third-order valence-electron chi connectivity index (χ3n) is 3.69. The van der Waals surface area contributed by atoms with Crippen LogP contribution in [-0.2, 0) is 4.79 Å². The Kier molecular flexibility index (Phi) is 3.66. The summed E-state index contributed by atoms with van der Waals surface area (Å²) in [6.45, 7) is 4.34. The van der Waals surface area contributed by atoms with Crippen molar-refractivity contribution in [2.75, 3.05) is 13.2 Å². The molecule has 0 aromatic heterocycles. The molecule has 2 N–H and O–H groups in total. The second-order valence-corrected chi connectivity index (χ2v) is 4.71. The fraction of sp³-hybridized carbons (Fsp3) is 0.500. The summed E-state index contributed by atoms with van der Waals surface area (Å²) < 4.78 is 10.9. The largest absolute Gasteiger partial charge is 0.486 e. The van der Waals surface area contributed by atoms with Crippen LogP contribution in [0.2, 0.25) is 0 Å². The molecule has 0 aliphatic carbocycles. The fourth-order valence-corrected chi connectivity index (χ4v) is 2.25. The number of hydrogen-bond donors (Lipinski definition) is 2. The van der Waals surface area contributed by atoms with Crippen LogP contribution >= 0.6 is 0 Å². The molecule has 0 radical (unpaired) electrons. The van der Waals surface area contributed by atoms with Crippen molar-refractivity contribution in [1.29, 1.82) is 0 Å². The first-order chi connectivity index (χ1) is 8.99. The minimum Gasteiger partial charge on any atom is -0.486 e. The maximum Gasteiger partial charge on any atom is 0.336 e. The summed E-state index contributed by atoms with van der Waals surface area (Å²) in [6, 6.07) is 5.25. The quantitative estimate of drug-likeness (QED) is 0.869. The van der Waals surface area contributed by atoms with E-state index in [1.54, 1.807) is 32.0 Å². The standard InChI is InChI=1S/C14H18O5/c1-3-14(17,13(15)16)9(2)10-4-5-11-12(8-10)19-7-6-18-11/h4-5,8-9,17H,3,6-7H2,1-2H3,(H,15,16). The number of hydrogen-bond acceptors (Lipinski definition) is 4. The number of rotatable bonds is 4. The maximum atomic E-state index is 11.2. The Balaban J connectivity index is 2.33. The predicted octanol–water partition coefficient (Wildman–Crippen LogP) is 1.79. The molecule has 0 spiro atoms. The van der Waals surface area contributed by atoms with Crippen LogP contribution in [0.5, 0.6) is 11.5 Å². The summed E-state index contributed by atoms with van der Waals surface area (Å²) in [5, 5.41) is 19.4. The van der Waals surface area contributed by atoms with E-state index in [2.05, 4.69) is 0 Å². The minimum atomic E-state index is -1.77. The zero-order valence-corrected chi connectivity index (χ0v) is 11.0. The normalized spacial score (nSPS) is 18.5. The molecule has 2 atom stereocenters. The number of aliphatic carboxylic acids is 1. The van der Waals surface area contributed by atoms with Crippen LogP contribution in [0.1, 0.15) is 31.7 Å². The van der Waals surface area contributed by atoms with E-state index in [1.807, 2.05) is 0 Å². The monoisotopic (exact) mass is 266 g/mol. The summed E-state index contributed by atoms with van der Waals surface area (Å²) in [7, 11) is 0. The average Bonchev–Trinajstić information content (AvgIpc) is 2.44. The maximum absolute atomic E-state index is 11.2. The van der Waals surface area contributed by atoms with Gasteiger partial charge in [-0.05, 0) is 24.1 Å². The Hall–Kier alpha value is -1.75. The molecule has 1 heterocycles. The highest BCUT2D eigenvalue weighted by atomic mass is 16.6. The van der Waals surface area contributed by atoms with Gasteiger partial charge in [0.2, 0.25) is 0 Å². The van der Waals surface area contributed by atoms with Gasteiger partial charge in [-0.25, -0.2) is 4.79 Å². The SMILES string of the molecule is CCC(O)(C(=O)O)C(C)c1ccc2c(c1)OCCO2. The van der Waals surface area contributed by atoms with Crippen molar-refractivity contribution in [3.8, 4) is 11.5 Å². The molecule has 104 valence electrons. The molecule has 0 saturated heterocycles. The van der Waals surface area contributed by atoms with Gasteiger partial charge >= 0.3 is 5.97 Å². The van der Waals surface area contributed by atoms with Gasteiger partial charge in [0.05, 0.1) is 0 Å². The van der Waals surface area contributed by atoms with Gasteiger partial charge in [-0.2, -0.15) is 0 Å². The first-order valence-electron chi connectivity index (χ1n) is 6.34. The van der Waals surface area contributed by atoms with E-state index in [1.165, 1.54) is 0 Å². The van der Waals surface area contributed by atoms with Gasteiger partial charge in [0, 0.05) is 5.92 Å². The van der Waals surface area contributed by atoms with Crippen molar-refractivity contribution in [2.24, 2.45) is 0 Å². The van der Waals surface area contributed by atoms with E-state index in [0.717, 1.165) is 5.56 Å². The average molecular weight is 266 g/mol. The second-order valence-electron chi connectivity index (χ2n) is 4.71. The Labute approximate surface area is 111 Å².